The molecule has 1 atom stereocenters. The van der Waals surface area contributed by atoms with Gasteiger partial charge in [0.25, 0.3) is 0 Å². The fraction of sp³-hybridized carbons (Fsp3) is 0.324. The molecule has 6 rings (SSSR count). The van der Waals surface area contributed by atoms with Crippen LogP contribution in [0.25, 0.3) is 11.1 Å². The number of rotatable bonds is 9. The zero-order valence-corrected chi connectivity index (χ0v) is 23.5. The number of allylic oxidation sites excluding steroid dienone is 1. The number of benzene rings is 3. The van der Waals surface area contributed by atoms with Crippen LogP contribution < -0.4 is 5.32 Å². The molecule has 3 aliphatic rings. The van der Waals surface area contributed by atoms with Crippen molar-refractivity contribution in [2.45, 2.75) is 30.8 Å². The van der Waals surface area contributed by atoms with E-state index in [0.29, 0.717) is 26.1 Å². The predicted molar refractivity (Wildman–Crippen MR) is 159 cm³/mol. The van der Waals surface area contributed by atoms with Crippen molar-refractivity contribution in [1.29, 1.82) is 0 Å². The highest BCUT2D eigenvalue weighted by atomic mass is 16.5. The van der Waals surface area contributed by atoms with Crippen LogP contribution in [0.1, 0.15) is 35.4 Å². The summed E-state index contributed by atoms with van der Waals surface area (Å²) in [6.45, 7) is 5.55. The predicted octanol–water partition coefficient (Wildman–Crippen LogP) is 4.66. The Hall–Kier alpha value is -4.43. The highest BCUT2D eigenvalue weighted by molar-refractivity contribution is 5.93. The number of likely N-dealkylation sites (tertiary alicyclic amines) is 2. The Labute approximate surface area is 245 Å². The van der Waals surface area contributed by atoms with Gasteiger partial charge in [0, 0.05) is 38.6 Å². The van der Waals surface area contributed by atoms with Gasteiger partial charge in [0.05, 0.1) is 0 Å². The number of ether oxygens (including phenoxy) is 1. The second kappa shape index (κ2) is 11.1. The number of aliphatic carboxylic acids is 1. The van der Waals surface area contributed by atoms with E-state index in [2.05, 4.69) is 41.1 Å². The van der Waals surface area contributed by atoms with Gasteiger partial charge in [0.2, 0.25) is 5.91 Å². The highest BCUT2D eigenvalue weighted by Crippen LogP contribution is 2.44. The number of hydrogen-bond acceptors (Lipinski definition) is 5. The number of carbonyl (C=O) groups excluding carboxylic acids is 2. The quantitative estimate of drug-likeness (QED) is 0.366. The molecule has 3 aromatic rings. The SMILES string of the molecule is C=CCC1(C(=O)O)CN(C(=O)C2(NC(=O)OCC3c4ccccc4-c4ccccc43)CCN(Cc3ccccc3)C2)C1. The molecule has 0 bridgehead atoms. The Balaban J connectivity index is 1.19. The normalized spacial score (nSPS) is 20.7. The van der Waals surface area contributed by atoms with E-state index in [9.17, 15) is 19.5 Å². The van der Waals surface area contributed by atoms with Gasteiger partial charge in [0.1, 0.15) is 17.6 Å². The lowest BCUT2D eigenvalue weighted by atomic mass is 9.75. The molecule has 1 unspecified atom stereocenters. The molecule has 8 nitrogen and oxygen atoms in total. The Morgan fingerprint density at radius 2 is 1.55 bits per heavy atom. The lowest BCUT2D eigenvalue weighted by Crippen LogP contribution is -2.69. The maximum absolute atomic E-state index is 14.0. The van der Waals surface area contributed by atoms with Gasteiger partial charge in [-0.2, -0.15) is 0 Å². The molecule has 0 spiro atoms. The van der Waals surface area contributed by atoms with Crippen molar-refractivity contribution < 1.29 is 24.2 Å². The lowest BCUT2D eigenvalue weighted by Gasteiger charge is -2.49. The minimum Gasteiger partial charge on any atom is -0.481 e. The van der Waals surface area contributed by atoms with Crippen molar-refractivity contribution >= 4 is 18.0 Å². The molecule has 2 N–H and O–H groups in total. The average molecular weight is 566 g/mol. The first kappa shape index (κ1) is 27.7. The molecular weight excluding hydrogens is 530 g/mol. The third kappa shape index (κ3) is 4.96. The zero-order valence-electron chi connectivity index (χ0n) is 23.5. The van der Waals surface area contributed by atoms with Crippen molar-refractivity contribution in [1.82, 2.24) is 15.1 Å². The minimum atomic E-state index is -1.21. The molecule has 2 aliphatic heterocycles. The van der Waals surface area contributed by atoms with Gasteiger partial charge in [-0.1, -0.05) is 84.9 Å². The third-order valence-corrected chi connectivity index (χ3v) is 8.95. The molecular formula is C34H35N3O5. The molecule has 0 aromatic heterocycles. The van der Waals surface area contributed by atoms with Gasteiger partial charge < -0.3 is 20.1 Å². The molecule has 8 heteroatoms. The molecule has 3 aromatic carbocycles. The van der Waals surface area contributed by atoms with Gasteiger partial charge in [-0.15, -0.1) is 6.58 Å². The summed E-state index contributed by atoms with van der Waals surface area (Å²) >= 11 is 0. The Kier molecular flexibility index (Phi) is 7.33. The summed E-state index contributed by atoms with van der Waals surface area (Å²) in [6.07, 6.45) is 1.61. The van der Waals surface area contributed by atoms with Crippen LogP contribution in [0.5, 0.6) is 0 Å². The fourth-order valence-corrected chi connectivity index (χ4v) is 6.78. The third-order valence-electron chi connectivity index (χ3n) is 8.95. The number of fused-ring (bicyclic) bond motifs is 3. The second-order valence-corrected chi connectivity index (χ2v) is 11.7. The van der Waals surface area contributed by atoms with Crippen molar-refractivity contribution in [2.24, 2.45) is 5.41 Å². The first-order valence-corrected chi connectivity index (χ1v) is 14.4. The van der Waals surface area contributed by atoms with Gasteiger partial charge in [-0.3, -0.25) is 14.5 Å². The monoisotopic (exact) mass is 565 g/mol. The zero-order chi connectivity index (χ0) is 29.3. The Bertz CT molecular complexity index is 1470. The van der Waals surface area contributed by atoms with E-state index in [1.807, 2.05) is 54.6 Å². The van der Waals surface area contributed by atoms with Crippen molar-refractivity contribution in [3.63, 3.8) is 0 Å². The van der Waals surface area contributed by atoms with Crippen LogP contribution in [0.15, 0.2) is 91.5 Å². The topological polar surface area (TPSA) is 99.2 Å². The summed E-state index contributed by atoms with van der Waals surface area (Å²) in [5.41, 5.74) is 3.36. The van der Waals surface area contributed by atoms with Gasteiger partial charge in [-0.25, -0.2) is 4.79 Å². The van der Waals surface area contributed by atoms with E-state index < -0.39 is 23.0 Å². The molecule has 2 heterocycles. The van der Waals surface area contributed by atoms with Crippen molar-refractivity contribution in [3.05, 3.63) is 108 Å². The molecule has 0 radical (unpaired) electrons. The van der Waals surface area contributed by atoms with Gasteiger partial charge >= 0.3 is 12.1 Å². The molecule has 216 valence electrons. The number of carboxylic acids is 1. The molecule has 42 heavy (non-hydrogen) atoms. The van der Waals surface area contributed by atoms with E-state index in [-0.39, 0.29) is 37.9 Å². The van der Waals surface area contributed by atoms with Crippen LogP contribution >= 0.6 is 0 Å². The molecule has 0 saturated carbocycles. The van der Waals surface area contributed by atoms with Crippen molar-refractivity contribution in [3.8, 4) is 11.1 Å². The Morgan fingerprint density at radius 3 is 2.17 bits per heavy atom. The first-order chi connectivity index (χ1) is 20.3. The van der Waals surface area contributed by atoms with E-state index in [1.165, 1.54) is 0 Å². The summed E-state index contributed by atoms with van der Waals surface area (Å²) in [6, 6.07) is 26.3. The lowest BCUT2D eigenvalue weighted by molar-refractivity contribution is -0.168. The van der Waals surface area contributed by atoms with Crippen LogP contribution in [-0.4, -0.2) is 71.2 Å². The van der Waals surface area contributed by atoms with Crippen LogP contribution in [0.4, 0.5) is 4.79 Å². The van der Waals surface area contributed by atoms with E-state index in [1.54, 1.807) is 11.0 Å². The summed E-state index contributed by atoms with van der Waals surface area (Å²) in [7, 11) is 0. The van der Waals surface area contributed by atoms with Gasteiger partial charge in [0.15, 0.2) is 0 Å². The number of carboxylic acid groups (broad SMARTS) is 1. The number of amides is 2. The summed E-state index contributed by atoms with van der Waals surface area (Å²) in [5, 5.41) is 12.8. The van der Waals surface area contributed by atoms with E-state index >= 15 is 0 Å². The van der Waals surface area contributed by atoms with Crippen LogP contribution in [-0.2, 0) is 20.9 Å². The van der Waals surface area contributed by atoms with Crippen molar-refractivity contribution in [2.75, 3.05) is 32.8 Å². The summed E-state index contributed by atoms with van der Waals surface area (Å²) in [4.78, 5) is 43.1. The maximum atomic E-state index is 14.0. The largest absolute Gasteiger partial charge is 0.481 e. The smallest absolute Gasteiger partial charge is 0.408 e. The van der Waals surface area contributed by atoms with E-state index in [4.69, 9.17) is 4.74 Å². The van der Waals surface area contributed by atoms with Crippen LogP contribution in [0.2, 0.25) is 0 Å². The summed E-state index contributed by atoms with van der Waals surface area (Å²) in [5.74, 6) is -1.31. The second-order valence-electron chi connectivity index (χ2n) is 11.7. The number of nitrogens with one attached hydrogen (secondary N) is 1. The first-order valence-electron chi connectivity index (χ1n) is 14.4. The fourth-order valence-electron chi connectivity index (χ4n) is 6.78. The highest BCUT2D eigenvalue weighted by Gasteiger charge is 2.56. The molecule has 2 fully saturated rings. The standard InChI is InChI=1S/C34H35N3O5/c1-2-16-33(31(39)40)21-37(22-33)30(38)34(17-18-36(23-34)19-24-10-4-3-5-11-24)35-32(41)42-20-29-27-14-8-6-12-25(27)26-13-7-9-15-28(26)29/h2-15,29H,1,16-23H2,(H,35,41)(H,39,40). The molecule has 1 aliphatic carbocycles. The Morgan fingerprint density at radius 1 is 0.929 bits per heavy atom. The van der Waals surface area contributed by atoms with Crippen LogP contribution in [0, 0.1) is 5.41 Å². The molecule has 2 amide bonds. The van der Waals surface area contributed by atoms with Gasteiger partial charge in [-0.05, 0) is 40.7 Å². The number of hydrogen-bond donors (Lipinski definition) is 2. The number of nitrogens with zero attached hydrogens (tertiary/aromatic N) is 2. The average Bonchev–Trinajstić information content (AvgIpc) is 3.53. The van der Waals surface area contributed by atoms with E-state index in [0.717, 1.165) is 27.8 Å². The minimum absolute atomic E-state index is 0.0833. The molecule has 2 saturated heterocycles. The van der Waals surface area contributed by atoms with Crippen LogP contribution in [0.3, 0.4) is 0 Å². The maximum Gasteiger partial charge on any atom is 0.408 e. The number of carbonyl (C=O) groups is 3. The summed E-state index contributed by atoms with van der Waals surface area (Å²) < 4.78 is 5.83. The number of alkyl carbamates (subject to hydrolysis) is 1.